The molecule has 576 valence electrons. The van der Waals surface area contributed by atoms with Crippen molar-refractivity contribution in [1.29, 1.82) is 0 Å². The van der Waals surface area contributed by atoms with Crippen LogP contribution in [0.2, 0.25) is 0 Å². The van der Waals surface area contributed by atoms with Gasteiger partial charge in [-0.25, -0.2) is 28.8 Å². The summed E-state index contributed by atoms with van der Waals surface area (Å²) in [7, 11) is 0. The summed E-state index contributed by atoms with van der Waals surface area (Å²) in [5.74, 6) is -2.22. The predicted molar refractivity (Wildman–Crippen MR) is 399 cm³/mol. The van der Waals surface area contributed by atoms with Gasteiger partial charge >= 0.3 is 35.8 Å². The van der Waals surface area contributed by atoms with Gasteiger partial charge in [-0.2, -0.15) is 0 Å². The molecule has 0 aliphatic heterocycles. The molecular weight excluding hydrogens is 1580 g/mol. The molecule has 0 bridgehead atoms. The van der Waals surface area contributed by atoms with Crippen LogP contribution in [0.3, 0.4) is 0 Å². The van der Waals surface area contributed by atoms with Crippen molar-refractivity contribution in [2.24, 2.45) is 0 Å². The second-order valence-electron chi connectivity index (χ2n) is 21.5. The van der Waals surface area contributed by atoms with Gasteiger partial charge in [0.05, 0.1) is 33.4 Å². The third kappa shape index (κ3) is 38.9. The maximum atomic E-state index is 11.1. The minimum atomic E-state index is -1.06. The fourth-order valence-electron chi connectivity index (χ4n) is 8.12. The van der Waals surface area contributed by atoms with E-state index in [0.29, 0.717) is 69.0 Å². The monoisotopic (exact) mass is 1670 g/mol. The zero-order valence-electron chi connectivity index (χ0n) is 63.3. The van der Waals surface area contributed by atoms with Gasteiger partial charge in [0.2, 0.25) is 32.1 Å². The van der Waals surface area contributed by atoms with E-state index >= 15 is 0 Å². The first-order valence-corrected chi connectivity index (χ1v) is 33.6. The number of rotatable bonds is 33. The van der Waals surface area contributed by atoms with Gasteiger partial charge in [0.1, 0.15) is 69.0 Å². The molecule has 0 saturated heterocycles. The molecule has 0 fully saturated rings. The number of amides is 5. The number of hydrogen-bond acceptors (Lipinski definition) is 17. The SMILES string of the molecule is CCN(C=O)CC.CCN(C=O)CC.CCN(C=O)CC.CCN(C=O)CC.CCN(C=O)CC.O=C(O)c1ccc(Oc2cc(Oc3ccc(C(=O)O)cc3)cc(Oc3ccc(C(=O)O)cc3)c2)cc1.O=C(O)c1ccc(Oc2cc(Oc3ccc(C(=O)O)cc3)cc(Oc3ccc(C(=O)O)cc3)c2)cc1.[Zn].[Zn].[Zn]. The van der Waals surface area contributed by atoms with E-state index in [-0.39, 0.29) is 91.8 Å². The molecule has 0 radical (unpaired) electrons. The van der Waals surface area contributed by atoms with Crippen molar-refractivity contribution in [1.82, 2.24) is 24.5 Å². The third-order valence-electron chi connectivity index (χ3n) is 14.5. The standard InChI is InChI=1S/2C27H18O9.5C5H11NO.3Zn/c2*28-25(29)16-1-7-19(8-2-16)34-22-13-23(35-20-9-3-17(4-10-20)26(30)31)15-24(14-22)36-21-11-5-18(6-12-21)27(32)33;5*1-3-6(4-2)5-7;;;/h2*1-15H,(H,28,29)(H,30,31)(H,32,33);5*5H,3-4H2,1-2H3;;;. The van der Waals surface area contributed by atoms with Crippen molar-refractivity contribution in [2.75, 3.05) is 65.4 Å². The van der Waals surface area contributed by atoms with Crippen LogP contribution >= 0.6 is 0 Å². The predicted octanol–water partition coefficient (Wildman–Crippen LogP) is 14.7. The molecule has 28 nitrogen and oxygen atoms in total. The number of hydrogen-bond donors (Lipinski definition) is 6. The van der Waals surface area contributed by atoms with Crippen LogP contribution in [0.4, 0.5) is 0 Å². The van der Waals surface area contributed by atoms with E-state index in [0.717, 1.165) is 97.5 Å². The summed E-state index contributed by atoms with van der Waals surface area (Å²) in [6, 6.07) is 44.4. The maximum Gasteiger partial charge on any atom is 0.335 e. The summed E-state index contributed by atoms with van der Waals surface area (Å²) in [6.07, 6.45) is 4.31. The largest absolute Gasteiger partial charge is 0.478 e. The number of carboxylic acids is 6. The second-order valence-corrected chi connectivity index (χ2v) is 21.5. The van der Waals surface area contributed by atoms with Gasteiger partial charge in [0.15, 0.2) is 0 Å². The van der Waals surface area contributed by atoms with Gasteiger partial charge in [0.25, 0.3) is 0 Å². The first kappa shape index (κ1) is 101. The van der Waals surface area contributed by atoms with Crippen molar-refractivity contribution in [2.45, 2.75) is 69.2 Å². The Labute approximate surface area is 677 Å². The molecule has 0 heterocycles. The minimum absolute atomic E-state index is 0. The Balaban J connectivity index is 0. The Morgan fingerprint density at radius 1 is 0.218 bits per heavy atom. The van der Waals surface area contributed by atoms with Crippen LogP contribution in [0.15, 0.2) is 182 Å². The molecule has 110 heavy (non-hydrogen) atoms. The molecule has 0 atom stereocenters. The number of ether oxygens (including phenoxy) is 6. The molecule has 8 aromatic rings. The van der Waals surface area contributed by atoms with Gasteiger partial charge in [0, 0.05) is 160 Å². The van der Waals surface area contributed by atoms with E-state index in [2.05, 4.69) is 0 Å². The van der Waals surface area contributed by atoms with E-state index in [1.165, 1.54) is 146 Å². The average Bonchev–Trinajstić information content (AvgIpc) is 0.832. The van der Waals surface area contributed by atoms with E-state index in [1.807, 2.05) is 69.2 Å². The van der Waals surface area contributed by atoms with Crippen LogP contribution in [0, 0.1) is 0 Å². The molecule has 8 rings (SSSR count). The van der Waals surface area contributed by atoms with Crippen molar-refractivity contribution >= 4 is 67.9 Å². The Hall–Kier alpha value is -11.4. The molecule has 0 aliphatic carbocycles. The van der Waals surface area contributed by atoms with Crippen molar-refractivity contribution in [3.05, 3.63) is 215 Å². The number of carbonyl (C=O) groups excluding carboxylic acids is 5. The summed E-state index contributed by atoms with van der Waals surface area (Å²) in [4.78, 5) is 124. The van der Waals surface area contributed by atoms with Crippen LogP contribution in [0.5, 0.6) is 69.0 Å². The molecule has 0 spiro atoms. The van der Waals surface area contributed by atoms with Crippen molar-refractivity contribution in [3.63, 3.8) is 0 Å². The number of benzene rings is 8. The Bertz CT molecular complexity index is 3360. The number of carbonyl (C=O) groups is 11. The van der Waals surface area contributed by atoms with Crippen LogP contribution in [-0.4, -0.2) is 188 Å². The zero-order valence-corrected chi connectivity index (χ0v) is 72.2. The molecular formula is C79H91N5O23Zn3. The molecule has 8 aromatic carbocycles. The Kier molecular flexibility index (Phi) is 52.0. The summed E-state index contributed by atoms with van der Waals surface area (Å²) >= 11 is 0. The average molecular weight is 1670 g/mol. The third-order valence-corrected chi connectivity index (χ3v) is 14.5. The number of carboxylic acid groups (broad SMARTS) is 6. The molecule has 6 N–H and O–H groups in total. The van der Waals surface area contributed by atoms with Crippen LogP contribution in [-0.2, 0) is 82.4 Å². The van der Waals surface area contributed by atoms with Gasteiger partial charge in [-0.15, -0.1) is 0 Å². The van der Waals surface area contributed by atoms with Crippen LogP contribution < -0.4 is 28.4 Å². The topological polar surface area (TPSA) is 381 Å². The minimum Gasteiger partial charge on any atom is -0.478 e. The summed E-state index contributed by atoms with van der Waals surface area (Å²) in [5, 5.41) is 54.4. The molecule has 0 saturated carbocycles. The zero-order chi connectivity index (χ0) is 79.8. The summed E-state index contributed by atoms with van der Waals surface area (Å²) in [6.45, 7) is 27.8. The maximum absolute atomic E-state index is 11.1. The van der Waals surface area contributed by atoms with Gasteiger partial charge in [-0.1, -0.05) is 0 Å². The van der Waals surface area contributed by atoms with E-state index in [9.17, 15) is 52.7 Å². The van der Waals surface area contributed by atoms with Crippen molar-refractivity contribution < 1.29 is 170 Å². The molecule has 31 heteroatoms. The van der Waals surface area contributed by atoms with Gasteiger partial charge < -0.3 is 83.6 Å². The first-order valence-electron chi connectivity index (χ1n) is 33.6. The molecule has 0 aliphatic rings. The van der Waals surface area contributed by atoms with Gasteiger partial charge in [-0.3, -0.25) is 24.0 Å². The first-order chi connectivity index (χ1) is 51.3. The van der Waals surface area contributed by atoms with Crippen LogP contribution in [0.25, 0.3) is 0 Å². The van der Waals surface area contributed by atoms with E-state index in [1.54, 1.807) is 60.9 Å². The Morgan fingerprint density at radius 3 is 0.382 bits per heavy atom. The van der Waals surface area contributed by atoms with E-state index in [4.69, 9.17) is 59.1 Å². The van der Waals surface area contributed by atoms with E-state index < -0.39 is 35.8 Å². The number of nitrogens with zero attached hydrogens (tertiary/aromatic N) is 5. The second kappa shape index (κ2) is 56.8. The summed E-state index contributed by atoms with van der Waals surface area (Å²) in [5.41, 5.74) is 0.656. The fraction of sp³-hybridized carbons (Fsp3) is 0.253. The smallest absolute Gasteiger partial charge is 0.335 e. The van der Waals surface area contributed by atoms with Crippen molar-refractivity contribution in [3.8, 4) is 69.0 Å². The van der Waals surface area contributed by atoms with Gasteiger partial charge in [-0.05, 0) is 215 Å². The molecule has 5 amide bonds. The number of aromatic carboxylic acids is 6. The quantitative estimate of drug-likeness (QED) is 0.0164. The van der Waals surface area contributed by atoms with Crippen LogP contribution in [0.1, 0.15) is 131 Å². The fourth-order valence-corrected chi connectivity index (χ4v) is 8.12. The molecule has 0 unspecified atom stereocenters. The Morgan fingerprint density at radius 2 is 0.318 bits per heavy atom. The normalized spacial score (nSPS) is 9.40. The summed E-state index contributed by atoms with van der Waals surface area (Å²) < 4.78 is 35.2. The molecule has 0 aromatic heterocycles.